The molecule has 1 amide bonds. The summed E-state index contributed by atoms with van der Waals surface area (Å²) in [4.78, 5) is 24.4. The van der Waals surface area contributed by atoms with Crippen molar-refractivity contribution in [2.45, 2.75) is 32.8 Å². The molecule has 1 aliphatic rings. The normalized spacial score (nSPS) is 16.1. The van der Waals surface area contributed by atoms with Gasteiger partial charge in [-0.15, -0.1) is 11.3 Å². The Kier molecular flexibility index (Phi) is 6.39. The molecule has 1 aliphatic heterocycles. The Hall–Kier alpha value is -1.99. The van der Waals surface area contributed by atoms with Crippen LogP contribution in [0, 0.1) is 13.8 Å². The number of nitrogens with zero attached hydrogens (tertiary/aromatic N) is 3. The maximum Gasteiger partial charge on any atom is 0.261 e. The number of aromatic nitrogens is 2. The van der Waals surface area contributed by atoms with E-state index in [2.05, 4.69) is 4.98 Å². The monoisotopic (exact) mass is 461 g/mol. The quantitative estimate of drug-likeness (QED) is 0.470. The van der Waals surface area contributed by atoms with Crippen LogP contribution in [0.15, 0.2) is 35.7 Å². The van der Waals surface area contributed by atoms with Crippen LogP contribution in [-0.4, -0.2) is 35.1 Å². The van der Waals surface area contributed by atoms with Crippen molar-refractivity contribution in [3.05, 3.63) is 62.7 Å². The van der Waals surface area contributed by atoms with Gasteiger partial charge in [-0.2, -0.15) is 0 Å². The molecular formula is C22H21Cl2N3O2S. The zero-order valence-corrected chi connectivity index (χ0v) is 19.0. The van der Waals surface area contributed by atoms with Gasteiger partial charge in [0.2, 0.25) is 0 Å². The molecule has 0 aliphatic carbocycles. The number of thiazole rings is 1. The first-order valence-corrected chi connectivity index (χ1v) is 11.3. The molecule has 3 aromatic rings. The molecule has 8 heteroatoms. The summed E-state index contributed by atoms with van der Waals surface area (Å²) in [6.07, 6.45) is 1.93. The maximum atomic E-state index is 13.5. The van der Waals surface area contributed by atoms with Gasteiger partial charge in [0.15, 0.2) is 5.13 Å². The summed E-state index contributed by atoms with van der Waals surface area (Å²) in [5.74, 6) is -0.126. The number of hydrogen-bond donors (Lipinski definition) is 0. The molecule has 0 bridgehead atoms. The van der Waals surface area contributed by atoms with Crippen molar-refractivity contribution in [3.8, 4) is 11.3 Å². The summed E-state index contributed by atoms with van der Waals surface area (Å²) in [6.45, 7) is 4.94. The Balaban J connectivity index is 1.69. The molecule has 1 aromatic carbocycles. The molecule has 0 radical (unpaired) electrons. The van der Waals surface area contributed by atoms with Gasteiger partial charge >= 0.3 is 0 Å². The lowest BCUT2D eigenvalue weighted by Gasteiger charge is -2.23. The first-order chi connectivity index (χ1) is 14.4. The molecule has 156 valence electrons. The van der Waals surface area contributed by atoms with E-state index < -0.39 is 0 Å². The molecular weight excluding hydrogens is 441 g/mol. The predicted octanol–water partition coefficient (Wildman–Crippen LogP) is 5.95. The minimum Gasteiger partial charge on any atom is -0.376 e. The first kappa shape index (κ1) is 21.2. The van der Waals surface area contributed by atoms with Crippen molar-refractivity contribution in [2.75, 3.05) is 18.1 Å². The van der Waals surface area contributed by atoms with Crippen LogP contribution in [0.3, 0.4) is 0 Å². The van der Waals surface area contributed by atoms with Gasteiger partial charge in [0.1, 0.15) is 0 Å². The summed E-state index contributed by atoms with van der Waals surface area (Å²) in [5.41, 5.74) is 3.64. The number of anilines is 1. The molecule has 4 rings (SSSR count). The van der Waals surface area contributed by atoms with E-state index in [1.165, 1.54) is 11.3 Å². The number of amides is 1. The van der Waals surface area contributed by atoms with E-state index in [0.717, 1.165) is 30.7 Å². The third-order valence-corrected chi connectivity index (χ3v) is 6.45. The minimum atomic E-state index is -0.126. The zero-order valence-electron chi connectivity index (χ0n) is 16.7. The minimum absolute atomic E-state index is 0.000802. The highest BCUT2D eigenvalue weighted by Gasteiger charge is 2.28. The number of rotatable bonds is 5. The van der Waals surface area contributed by atoms with Crippen LogP contribution in [-0.2, 0) is 4.74 Å². The van der Waals surface area contributed by atoms with Gasteiger partial charge in [-0.3, -0.25) is 14.7 Å². The molecule has 30 heavy (non-hydrogen) atoms. The molecule has 1 saturated heterocycles. The summed E-state index contributed by atoms with van der Waals surface area (Å²) >= 11 is 13.8. The SMILES string of the molecule is Cc1ccc(C(=O)N(CC2CCCO2)c2nc(-c3ccc(Cl)cc3Cl)cs2)c(C)n1. The maximum absolute atomic E-state index is 13.5. The second kappa shape index (κ2) is 9.02. The molecule has 5 nitrogen and oxygen atoms in total. The van der Waals surface area contributed by atoms with Crippen molar-refractivity contribution in [1.29, 1.82) is 0 Å². The van der Waals surface area contributed by atoms with Gasteiger partial charge in [0.25, 0.3) is 5.91 Å². The summed E-state index contributed by atoms with van der Waals surface area (Å²) < 4.78 is 5.80. The van der Waals surface area contributed by atoms with E-state index in [1.54, 1.807) is 17.0 Å². The molecule has 1 unspecified atom stereocenters. The van der Waals surface area contributed by atoms with Gasteiger partial charge < -0.3 is 4.74 Å². The highest BCUT2D eigenvalue weighted by molar-refractivity contribution is 7.14. The zero-order chi connectivity index (χ0) is 21.3. The smallest absolute Gasteiger partial charge is 0.261 e. The van der Waals surface area contributed by atoms with Crippen LogP contribution in [0.5, 0.6) is 0 Å². The topological polar surface area (TPSA) is 55.3 Å². The molecule has 0 spiro atoms. The number of pyridine rings is 1. The number of benzene rings is 1. The van der Waals surface area contributed by atoms with Crippen LogP contribution in [0.4, 0.5) is 5.13 Å². The van der Waals surface area contributed by atoms with Gasteiger partial charge in [0, 0.05) is 28.3 Å². The standard InChI is InChI=1S/C22H21Cl2N3O2S/c1-13-5-7-17(14(2)25-13)21(28)27(11-16-4-3-9-29-16)22-26-20(12-30-22)18-8-6-15(23)10-19(18)24/h5-8,10,12,16H,3-4,9,11H2,1-2H3. The van der Waals surface area contributed by atoms with E-state index in [0.29, 0.717) is 38.7 Å². The van der Waals surface area contributed by atoms with E-state index >= 15 is 0 Å². The fourth-order valence-electron chi connectivity index (χ4n) is 3.51. The lowest BCUT2D eigenvalue weighted by molar-refractivity contribution is 0.0916. The van der Waals surface area contributed by atoms with Crippen LogP contribution >= 0.6 is 34.5 Å². The van der Waals surface area contributed by atoms with Gasteiger partial charge in [-0.1, -0.05) is 23.2 Å². The molecule has 1 atom stereocenters. The second-order valence-electron chi connectivity index (χ2n) is 7.28. The lowest BCUT2D eigenvalue weighted by Crippen LogP contribution is -2.38. The van der Waals surface area contributed by atoms with E-state index in [9.17, 15) is 4.79 Å². The summed E-state index contributed by atoms with van der Waals surface area (Å²) in [7, 11) is 0. The molecule has 1 fully saturated rings. The molecule has 0 saturated carbocycles. The fourth-order valence-corrected chi connectivity index (χ4v) is 4.84. The van der Waals surface area contributed by atoms with Gasteiger partial charge in [-0.25, -0.2) is 4.98 Å². The number of halogens is 2. The predicted molar refractivity (Wildman–Crippen MR) is 122 cm³/mol. The van der Waals surface area contributed by atoms with Gasteiger partial charge in [-0.05, 0) is 57.0 Å². The highest BCUT2D eigenvalue weighted by atomic mass is 35.5. The van der Waals surface area contributed by atoms with Crippen molar-refractivity contribution < 1.29 is 9.53 Å². The summed E-state index contributed by atoms with van der Waals surface area (Å²) in [6, 6.07) is 8.98. The number of aryl methyl sites for hydroxylation is 2. The van der Waals surface area contributed by atoms with Crippen LogP contribution in [0.25, 0.3) is 11.3 Å². The Morgan fingerprint density at radius 2 is 2.07 bits per heavy atom. The molecule has 3 heterocycles. The van der Waals surface area contributed by atoms with E-state index in [4.69, 9.17) is 32.9 Å². The van der Waals surface area contributed by atoms with Crippen molar-refractivity contribution >= 4 is 45.6 Å². The van der Waals surface area contributed by atoms with Crippen molar-refractivity contribution in [1.82, 2.24) is 9.97 Å². The average molecular weight is 462 g/mol. The van der Waals surface area contributed by atoms with E-state index in [-0.39, 0.29) is 12.0 Å². The largest absolute Gasteiger partial charge is 0.376 e. The third kappa shape index (κ3) is 4.52. The van der Waals surface area contributed by atoms with Crippen LogP contribution in [0.2, 0.25) is 10.0 Å². The van der Waals surface area contributed by atoms with E-state index in [1.807, 2.05) is 37.4 Å². The highest BCUT2D eigenvalue weighted by Crippen LogP contribution is 2.34. The van der Waals surface area contributed by atoms with Gasteiger partial charge in [0.05, 0.1) is 34.6 Å². The fraction of sp³-hybridized carbons (Fsp3) is 0.318. The lowest BCUT2D eigenvalue weighted by atomic mass is 10.1. The van der Waals surface area contributed by atoms with Crippen molar-refractivity contribution in [2.24, 2.45) is 0 Å². The average Bonchev–Trinajstić information content (AvgIpc) is 3.38. The van der Waals surface area contributed by atoms with Crippen molar-refractivity contribution in [3.63, 3.8) is 0 Å². The van der Waals surface area contributed by atoms with Crippen LogP contribution in [0.1, 0.15) is 34.6 Å². The molecule has 2 aromatic heterocycles. The Morgan fingerprint density at radius 3 is 2.77 bits per heavy atom. The number of ether oxygens (including phenoxy) is 1. The van der Waals surface area contributed by atoms with Crippen LogP contribution < -0.4 is 4.90 Å². The number of carbonyl (C=O) groups excluding carboxylic acids is 1. The molecule has 0 N–H and O–H groups in total. The number of hydrogen-bond acceptors (Lipinski definition) is 5. The second-order valence-corrected chi connectivity index (χ2v) is 8.96. The number of carbonyl (C=O) groups is 1. The summed E-state index contributed by atoms with van der Waals surface area (Å²) in [5, 5.41) is 3.60. The Morgan fingerprint density at radius 1 is 1.23 bits per heavy atom. The Bertz CT molecular complexity index is 1080. The third-order valence-electron chi connectivity index (χ3n) is 5.04. The first-order valence-electron chi connectivity index (χ1n) is 9.71. The Labute approximate surface area is 189 Å².